The van der Waals surface area contributed by atoms with Gasteiger partial charge in [0.05, 0.1) is 10.6 Å². The lowest BCUT2D eigenvalue weighted by atomic mass is 10.0. The average Bonchev–Trinajstić information content (AvgIpc) is 2.86. The molecular formula is C13H19N3S. The van der Waals surface area contributed by atoms with E-state index in [2.05, 4.69) is 42.4 Å². The maximum atomic E-state index is 5.95. The molecule has 3 nitrogen and oxygen atoms in total. The number of H-pyrrole nitrogens is 1. The number of hydrogen-bond acceptors (Lipinski definition) is 3. The molecule has 0 bridgehead atoms. The highest BCUT2D eigenvalue weighted by atomic mass is 32.1. The second-order valence-electron chi connectivity index (χ2n) is 4.69. The summed E-state index contributed by atoms with van der Waals surface area (Å²) in [4.78, 5) is 1.28. The van der Waals surface area contributed by atoms with Crippen LogP contribution in [0.3, 0.4) is 0 Å². The van der Waals surface area contributed by atoms with Gasteiger partial charge in [-0.05, 0) is 35.8 Å². The Morgan fingerprint density at radius 1 is 1.47 bits per heavy atom. The van der Waals surface area contributed by atoms with Crippen molar-refractivity contribution in [2.24, 2.45) is 5.92 Å². The zero-order valence-electron chi connectivity index (χ0n) is 10.6. The first-order valence-corrected chi connectivity index (χ1v) is 6.90. The molecule has 0 saturated heterocycles. The van der Waals surface area contributed by atoms with E-state index in [1.165, 1.54) is 10.4 Å². The fourth-order valence-corrected chi connectivity index (χ4v) is 3.03. The summed E-state index contributed by atoms with van der Waals surface area (Å²) in [5.41, 5.74) is 9.59. The molecule has 0 aliphatic carbocycles. The van der Waals surface area contributed by atoms with Crippen LogP contribution in [0.15, 0.2) is 11.4 Å². The minimum atomic E-state index is 0.582. The number of nitrogens with one attached hydrogen (secondary N) is 1. The van der Waals surface area contributed by atoms with Crippen LogP contribution in [0.2, 0.25) is 0 Å². The quantitative estimate of drug-likeness (QED) is 0.871. The first-order valence-electron chi connectivity index (χ1n) is 6.02. The molecule has 0 spiro atoms. The van der Waals surface area contributed by atoms with Gasteiger partial charge in [-0.1, -0.05) is 20.8 Å². The van der Waals surface area contributed by atoms with Crippen LogP contribution in [0.4, 0.5) is 5.82 Å². The first kappa shape index (κ1) is 12.2. The topological polar surface area (TPSA) is 54.7 Å². The van der Waals surface area contributed by atoms with Crippen molar-refractivity contribution in [1.82, 2.24) is 10.2 Å². The van der Waals surface area contributed by atoms with Crippen molar-refractivity contribution >= 4 is 17.2 Å². The van der Waals surface area contributed by atoms with Gasteiger partial charge in [-0.2, -0.15) is 5.10 Å². The summed E-state index contributed by atoms with van der Waals surface area (Å²) >= 11 is 1.76. The lowest BCUT2D eigenvalue weighted by Crippen LogP contribution is -1.99. The minimum absolute atomic E-state index is 0.582. The standard InChI is InChI=1S/C13H19N3S/c1-4-9-5-6-17-12(9)11-10(7-8(2)3)13(14)16-15-11/h5-6,8H,4,7H2,1-3H3,(H3,14,15,16). The van der Waals surface area contributed by atoms with Gasteiger partial charge in [0.25, 0.3) is 0 Å². The van der Waals surface area contributed by atoms with E-state index in [1.807, 2.05) is 0 Å². The largest absolute Gasteiger partial charge is 0.382 e. The second-order valence-corrected chi connectivity index (χ2v) is 5.61. The molecule has 0 amide bonds. The van der Waals surface area contributed by atoms with Crippen LogP contribution in [0, 0.1) is 5.92 Å². The van der Waals surface area contributed by atoms with Crippen molar-refractivity contribution in [1.29, 1.82) is 0 Å². The van der Waals surface area contributed by atoms with Gasteiger partial charge in [0.15, 0.2) is 0 Å². The smallest absolute Gasteiger partial charge is 0.149 e. The molecule has 92 valence electrons. The molecule has 0 atom stereocenters. The number of nitrogen functional groups attached to an aromatic ring is 1. The molecule has 0 fully saturated rings. The highest BCUT2D eigenvalue weighted by Gasteiger charge is 2.16. The zero-order chi connectivity index (χ0) is 12.4. The number of aryl methyl sites for hydroxylation is 1. The van der Waals surface area contributed by atoms with Gasteiger partial charge in [-0.15, -0.1) is 11.3 Å². The third kappa shape index (κ3) is 2.36. The molecule has 3 N–H and O–H groups in total. The van der Waals surface area contributed by atoms with E-state index in [9.17, 15) is 0 Å². The normalized spacial score (nSPS) is 11.3. The predicted molar refractivity (Wildman–Crippen MR) is 74.2 cm³/mol. The summed E-state index contributed by atoms with van der Waals surface area (Å²) in [6.07, 6.45) is 2.01. The van der Waals surface area contributed by atoms with Crippen molar-refractivity contribution in [2.45, 2.75) is 33.6 Å². The number of hydrogen-bond donors (Lipinski definition) is 2. The van der Waals surface area contributed by atoms with Crippen molar-refractivity contribution in [3.63, 3.8) is 0 Å². The fraction of sp³-hybridized carbons (Fsp3) is 0.462. The lowest BCUT2D eigenvalue weighted by molar-refractivity contribution is 0.649. The van der Waals surface area contributed by atoms with Crippen LogP contribution in [-0.2, 0) is 12.8 Å². The van der Waals surface area contributed by atoms with Crippen molar-refractivity contribution < 1.29 is 0 Å². The lowest BCUT2D eigenvalue weighted by Gasteiger charge is -2.07. The van der Waals surface area contributed by atoms with Gasteiger partial charge in [0, 0.05) is 5.56 Å². The number of aromatic nitrogens is 2. The van der Waals surface area contributed by atoms with Gasteiger partial charge in [-0.25, -0.2) is 0 Å². The number of nitrogens with zero attached hydrogens (tertiary/aromatic N) is 1. The van der Waals surface area contributed by atoms with Gasteiger partial charge in [0.2, 0.25) is 0 Å². The number of nitrogens with two attached hydrogens (primary N) is 1. The molecule has 2 aromatic rings. The maximum Gasteiger partial charge on any atom is 0.149 e. The Balaban J connectivity index is 2.45. The van der Waals surface area contributed by atoms with Gasteiger partial charge < -0.3 is 5.73 Å². The molecule has 0 radical (unpaired) electrons. The van der Waals surface area contributed by atoms with E-state index >= 15 is 0 Å². The molecule has 0 saturated carbocycles. The van der Waals surface area contributed by atoms with Crippen LogP contribution < -0.4 is 5.73 Å². The Kier molecular flexibility index (Phi) is 3.52. The van der Waals surface area contributed by atoms with E-state index < -0.39 is 0 Å². The van der Waals surface area contributed by atoms with E-state index in [1.54, 1.807) is 11.3 Å². The third-order valence-electron chi connectivity index (χ3n) is 2.87. The maximum absolute atomic E-state index is 5.95. The van der Waals surface area contributed by atoms with E-state index in [0.29, 0.717) is 11.7 Å². The summed E-state index contributed by atoms with van der Waals surface area (Å²) in [6, 6.07) is 2.18. The van der Waals surface area contributed by atoms with Crippen molar-refractivity contribution in [2.75, 3.05) is 5.73 Å². The average molecular weight is 249 g/mol. The highest BCUT2D eigenvalue weighted by molar-refractivity contribution is 7.13. The van der Waals surface area contributed by atoms with E-state index in [4.69, 9.17) is 5.73 Å². The minimum Gasteiger partial charge on any atom is -0.382 e. The highest BCUT2D eigenvalue weighted by Crippen LogP contribution is 2.34. The summed E-state index contributed by atoms with van der Waals surface area (Å²) in [7, 11) is 0. The summed E-state index contributed by atoms with van der Waals surface area (Å²) in [5.74, 6) is 1.22. The summed E-state index contributed by atoms with van der Waals surface area (Å²) in [5, 5.41) is 9.38. The van der Waals surface area contributed by atoms with Crippen molar-refractivity contribution in [3.05, 3.63) is 22.6 Å². The summed E-state index contributed by atoms with van der Waals surface area (Å²) < 4.78 is 0. The molecule has 4 heteroatoms. The molecular weight excluding hydrogens is 230 g/mol. The Hall–Kier alpha value is -1.29. The number of rotatable bonds is 4. The molecule has 0 unspecified atom stereocenters. The van der Waals surface area contributed by atoms with Crippen LogP contribution >= 0.6 is 11.3 Å². The molecule has 2 heterocycles. The Labute approximate surface area is 106 Å². The fourth-order valence-electron chi connectivity index (χ4n) is 2.02. The Morgan fingerprint density at radius 3 is 2.88 bits per heavy atom. The Morgan fingerprint density at radius 2 is 2.24 bits per heavy atom. The van der Waals surface area contributed by atoms with Crippen LogP contribution in [-0.4, -0.2) is 10.2 Å². The van der Waals surface area contributed by atoms with Crippen molar-refractivity contribution in [3.8, 4) is 10.6 Å². The predicted octanol–water partition coefficient (Wildman–Crippen LogP) is 3.48. The molecule has 0 aliphatic rings. The van der Waals surface area contributed by atoms with Gasteiger partial charge >= 0.3 is 0 Å². The second kappa shape index (κ2) is 4.92. The number of thiophene rings is 1. The Bertz CT molecular complexity index is 496. The number of anilines is 1. The molecule has 0 aliphatic heterocycles. The molecule has 17 heavy (non-hydrogen) atoms. The SMILES string of the molecule is CCc1ccsc1-c1[nH]nc(N)c1CC(C)C. The zero-order valence-corrected chi connectivity index (χ0v) is 11.4. The first-order chi connectivity index (χ1) is 8.13. The summed E-state index contributed by atoms with van der Waals surface area (Å²) in [6.45, 7) is 6.57. The van der Waals surface area contributed by atoms with Gasteiger partial charge in [-0.3, -0.25) is 5.10 Å². The third-order valence-corrected chi connectivity index (χ3v) is 3.84. The van der Waals surface area contributed by atoms with Gasteiger partial charge in [0.1, 0.15) is 5.82 Å². The molecule has 2 aromatic heterocycles. The van der Waals surface area contributed by atoms with E-state index in [-0.39, 0.29) is 0 Å². The van der Waals surface area contributed by atoms with Crippen LogP contribution in [0.5, 0.6) is 0 Å². The van der Waals surface area contributed by atoms with Crippen LogP contribution in [0.25, 0.3) is 10.6 Å². The molecule has 2 rings (SSSR count). The number of aromatic amines is 1. The molecule has 0 aromatic carbocycles. The van der Waals surface area contributed by atoms with E-state index in [0.717, 1.165) is 24.1 Å². The van der Waals surface area contributed by atoms with Crippen LogP contribution in [0.1, 0.15) is 31.9 Å². The monoisotopic (exact) mass is 249 g/mol.